The smallest absolute Gasteiger partial charge is 0.0328 e. The first-order chi connectivity index (χ1) is 9.70. The summed E-state index contributed by atoms with van der Waals surface area (Å²) in [7, 11) is 2.18. The molecule has 1 aromatic heterocycles. The van der Waals surface area contributed by atoms with Gasteiger partial charge in [-0.2, -0.15) is 0 Å². The van der Waals surface area contributed by atoms with Crippen LogP contribution in [-0.2, 0) is 6.54 Å². The zero-order chi connectivity index (χ0) is 14.4. The highest BCUT2D eigenvalue weighted by atomic mass is 32.1. The van der Waals surface area contributed by atoms with E-state index in [4.69, 9.17) is 5.73 Å². The highest BCUT2D eigenvalue weighted by Crippen LogP contribution is 2.23. The van der Waals surface area contributed by atoms with E-state index in [0.717, 1.165) is 13.0 Å². The topological polar surface area (TPSA) is 29.3 Å². The minimum atomic E-state index is 0.423. The molecule has 1 heterocycles. The van der Waals surface area contributed by atoms with Crippen molar-refractivity contribution in [3.8, 4) is 0 Å². The van der Waals surface area contributed by atoms with Gasteiger partial charge in [0.05, 0.1) is 0 Å². The molecular formula is C17H24N2S. The van der Waals surface area contributed by atoms with Gasteiger partial charge in [0, 0.05) is 24.0 Å². The maximum absolute atomic E-state index is 5.99. The van der Waals surface area contributed by atoms with Gasteiger partial charge in [-0.3, -0.25) is 4.90 Å². The molecule has 0 spiro atoms. The zero-order valence-corrected chi connectivity index (χ0v) is 13.1. The predicted molar refractivity (Wildman–Crippen MR) is 88.1 cm³/mol. The van der Waals surface area contributed by atoms with Crippen molar-refractivity contribution in [2.24, 2.45) is 5.73 Å². The van der Waals surface area contributed by atoms with Crippen molar-refractivity contribution in [2.75, 3.05) is 13.6 Å². The third-order valence-electron chi connectivity index (χ3n) is 3.87. The lowest BCUT2D eigenvalue weighted by Gasteiger charge is -2.29. The van der Waals surface area contributed by atoms with Gasteiger partial charge in [0.2, 0.25) is 0 Å². The fourth-order valence-corrected chi connectivity index (χ4v) is 3.33. The van der Waals surface area contributed by atoms with Gasteiger partial charge in [0.25, 0.3) is 0 Å². The maximum Gasteiger partial charge on any atom is 0.0328 e. The third kappa shape index (κ3) is 4.17. The minimum Gasteiger partial charge on any atom is -0.329 e. The van der Waals surface area contributed by atoms with E-state index in [2.05, 4.69) is 66.7 Å². The van der Waals surface area contributed by atoms with Crippen LogP contribution in [0.3, 0.4) is 0 Å². The Morgan fingerprint density at radius 2 is 1.90 bits per heavy atom. The molecule has 0 amide bonds. The molecule has 20 heavy (non-hydrogen) atoms. The standard InChI is InChI=1S/C17H24N2S/c1-14(15-7-4-3-5-8-15)11-16(12-18)19(2)13-17-9-6-10-20-17/h3-10,14,16H,11-13,18H2,1-2H3. The number of nitrogens with zero attached hydrogens (tertiary/aromatic N) is 1. The molecule has 0 aliphatic carbocycles. The Labute approximate surface area is 126 Å². The van der Waals surface area contributed by atoms with Gasteiger partial charge in [0.1, 0.15) is 0 Å². The Morgan fingerprint density at radius 3 is 2.50 bits per heavy atom. The molecule has 2 atom stereocenters. The molecule has 0 saturated heterocycles. The molecule has 2 aromatic rings. The van der Waals surface area contributed by atoms with Gasteiger partial charge >= 0.3 is 0 Å². The molecule has 1 aromatic carbocycles. The summed E-state index contributed by atoms with van der Waals surface area (Å²) in [4.78, 5) is 3.78. The molecular weight excluding hydrogens is 264 g/mol. The molecule has 2 rings (SSSR count). The van der Waals surface area contributed by atoms with Crippen molar-refractivity contribution in [2.45, 2.75) is 31.8 Å². The first kappa shape index (κ1) is 15.2. The van der Waals surface area contributed by atoms with Crippen LogP contribution in [0.2, 0.25) is 0 Å². The lowest BCUT2D eigenvalue weighted by molar-refractivity contribution is 0.221. The summed E-state index contributed by atoms with van der Waals surface area (Å²) in [6.45, 7) is 3.98. The van der Waals surface area contributed by atoms with Gasteiger partial charge in [-0.05, 0) is 36.4 Å². The van der Waals surface area contributed by atoms with Crippen LogP contribution in [0.5, 0.6) is 0 Å². The average molecular weight is 288 g/mol. The third-order valence-corrected chi connectivity index (χ3v) is 4.74. The van der Waals surface area contributed by atoms with Gasteiger partial charge in [-0.1, -0.05) is 43.3 Å². The second-order valence-corrected chi connectivity index (χ2v) is 6.46. The molecule has 0 aliphatic heterocycles. The van der Waals surface area contributed by atoms with Crippen LogP contribution in [0.15, 0.2) is 47.8 Å². The van der Waals surface area contributed by atoms with E-state index < -0.39 is 0 Å². The van der Waals surface area contributed by atoms with Crippen molar-refractivity contribution < 1.29 is 0 Å². The number of hydrogen-bond acceptors (Lipinski definition) is 3. The van der Waals surface area contributed by atoms with Gasteiger partial charge in [-0.15, -0.1) is 11.3 Å². The second kappa shape index (κ2) is 7.58. The van der Waals surface area contributed by atoms with Crippen LogP contribution in [0, 0.1) is 0 Å². The van der Waals surface area contributed by atoms with Gasteiger partial charge < -0.3 is 5.73 Å². The second-order valence-electron chi connectivity index (χ2n) is 5.43. The summed E-state index contributed by atoms with van der Waals surface area (Å²) in [5, 5.41) is 2.13. The van der Waals surface area contributed by atoms with Crippen molar-refractivity contribution >= 4 is 11.3 Å². The molecule has 0 aliphatic rings. The molecule has 3 heteroatoms. The zero-order valence-electron chi connectivity index (χ0n) is 12.3. The largest absolute Gasteiger partial charge is 0.329 e. The number of rotatable bonds is 7. The fraction of sp³-hybridized carbons (Fsp3) is 0.412. The molecule has 0 radical (unpaired) electrons. The summed E-state index contributed by atoms with van der Waals surface area (Å²) >= 11 is 1.81. The Morgan fingerprint density at radius 1 is 1.15 bits per heavy atom. The molecule has 2 N–H and O–H groups in total. The van der Waals surface area contributed by atoms with Crippen LogP contribution < -0.4 is 5.73 Å². The van der Waals surface area contributed by atoms with Crippen LogP contribution >= 0.6 is 11.3 Å². The molecule has 0 fully saturated rings. The predicted octanol–water partition coefficient (Wildman–Crippen LogP) is 3.70. The number of thiophene rings is 1. The number of likely N-dealkylation sites (N-methyl/N-ethyl adjacent to an activating group) is 1. The summed E-state index contributed by atoms with van der Waals surface area (Å²) in [6.07, 6.45) is 1.10. The van der Waals surface area contributed by atoms with Gasteiger partial charge in [-0.25, -0.2) is 0 Å². The van der Waals surface area contributed by atoms with Crippen LogP contribution in [0.1, 0.15) is 29.7 Å². The molecule has 0 saturated carbocycles. The summed E-state index contributed by atoms with van der Waals surface area (Å²) in [5.74, 6) is 0.538. The minimum absolute atomic E-state index is 0.423. The van der Waals surface area contributed by atoms with Crippen molar-refractivity contribution in [3.05, 3.63) is 58.3 Å². The highest BCUT2D eigenvalue weighted by Gasteiger charge is 2.18. The molecule has 0 bridgehead atoms. The van der Waals surface area contributed by atoms with Crippen molar-refractivity contribution in [1.82, 2.24) is 4.90 Å². The SMILES string of the molecule is CC(CC(CN)N(C)Cc1cccs1)c1ccccc1. The van der Waals surface area contributed by atoms with E-state index >= 15 is 0 Å². The van der Waals surface area contributed by atoms with E-state index in [0.29, 0.717) is 18.5 Å². The first-order valence-corrected chi connectivity index (χ1v) is 8.06. The number of hydrogen-bond donors (Lipinski definition) is 1. The molecule has 2 nitrogen and oxygen atoms in total. The Bertz CT molecular complexity index is 481. The fourth-order valence-electron chi connectivity index (χ4n) is 2.56. The monoisotopic (exact) mass is 288 g/mol. The van der Waals surface area contributed by atoms with Crippen LogP contribution in [0.25, 0.3) is 0 Å². The normalized spacial score (nSPS) is 14.4. The molecule has 2 unspecified atom stereocenters. The Hall–Kier alpha value is -1.16. The van der Waals surface area contributed by atoms with Crippen molar-refractivity contribution in [3.63, 3.8) is 0 Å². The van der Waals surface area contributed by atoms with E-state index in [1.807, 2.05) is 11.3 Å². The average Bonchev–Trinajstić information content (AvgIpc) is 2.98. The number of nitrogens with two attached hydrogens (primary N) is 1. The van der Waals surface area contributed by atoms with E-state index in [9.17, 15) is 0 Å². The summed E-state index contributed by atoms with van der Waals surface area (Å²) in [5.41, 5.74) is 7.39. The van der Waals surface area contributed by atoms with Crippen LogP contribution in [0.4, 0.5) is 0 Å². The summed E-state index contributed by atoms with van der Waals surface area (Å²) < 4.78 is 0. The van der Waals surface area contributed by atoms with Crippen molar-refractivity contribution in [1.29, 1.82) is 0 Å². The Kier molecular flexibility index (Phi) is 5.77. The summed E-state index contributed by atoms with van der Waals surface area (Å²) in [6, 6.07) is 15.4. The number of benzene rings is 1. The lowest BCUT2D eigenvalue weighted by Crippen LogP contribution is -2.38. The first-order valence-electron chi connectivity index (χ1n) is 7.18. The molecule has 108 valence electrons. The van der Waals surface area contributed by atoms with E-state index in [-0.39, 0.29) is 0 Å². The highest BCUT2D eigenvalue weighted by molar-refractivity contribution is 7.09. The van der Waals surface area contributed by atoms with E-state index in [1.165, 1.54) is 10.4 Å². The Balaban J connectivity index is 1.94. The lowest BCUT2D eigenvalue weighted by atomic mass is 9.93. The van der Waals surface area contributed by atoms with E-state index in [1.54, 1.807) is 0 Å². The quantitative estimate of drug-likeness (QED) is 0.841. The van der Waals surface area contributed by atoms with Gasteiger partial charge in [0.15, 0.2) is 0 Å². The maximum atomic E-state index is 5.99. The van der Waals surface area contributed by atoms with Crippen LogP contribution in [-0.4, -0.2) is 24.5 Å².